The third-order valence-electron chi connectivity index (χ3n) is 5.69. The van der Waals surface area contributed by atoms with Crippen LogP contribution in [0.3, 0.4) is 0 Å². The molecule has 0 fully saturated rings. The summed E-state index contributed by atoms with van der Waals surface area (Å²) >= 11 is 0. The van der Waals surface area contributed by atoms with Gasteiger partial charge < -0.3 is 15.5 Å². The van der Waals surface area contributed by atoms with Crippen LogP contribution < -0.4 is 11.1 Å². The number of aromatic nitrogens is 1. The van der Waals surface area contributed by atoms with E-state index in [2.05, 4.69) is 36.3 Å². The summed E-state index contributed by atoms with van der Waals surface area (Å²) in [4.78, 5) is 3.88. The molecule has 146 valence electrons. The second-order valence-corrected chi connectivity index (χ2v) is 8.08. The largest absolute Gasteiger partial charge is 0.442 e. The predicted octanol–water partition coefficient (Wildman–Crippen LogP) is 4.77. The van der Waals surface area contributed by atoms with Crippen LogP contribution in [0.2, 0.25) is 0 Å². The lowest BCUT2D eigenvalue weighted by Gasteiger charge is -2.38. The number of hydrogen-bond donors (Lipinski definition) is 3. The molecule has 0 saturated heterocycles. The third kappa shape index (κ3) is 3.47. The molecule has 1 aliphatic rings. The molecule has 0 aliphatic heterocycles. The van der Waals surface area contributed by atoms with Crippen LogP contribution >= 0.6 is 0 Å². The number of oxazole rings is 1. The van der Waals surface area contributed by atoms with Gasteiger partial charge in [-0.2, -0.15) is 5.26 Å². The van der Waals surface area contributed by atoms with E-state index in [4.69, 9.17) is 15.6 Å². The van der Waals surface area contributed by atoms with Gasteiger partial charge in [0, 0.05) is 16.9 Å². The van der Waals surface area contributed by atoms with Gasteiger partial charge in [-0.3, -0.25) is 5.41 Å². The number of fused-ring (bicyclic) bond motifs is 1. The lowest BCUT2D eigenvalue weighted by atomic mass is 9.70. The molecule has 3 aromatic rings. The first-order chi connectivity index (χ1) is 13.9. The van der Waals surface area contributed by atoms with Gasteiger partial charge >= 0.3 is 0 Å². The van der Waals surface area contributed by atoms with Crippen molar-refractivity contribution in [2.24, 2.45) is 0 Å². The maximum atomic E-state index is 9.29. The number of rotatable bonds is 4. The van der Waals surface area contributed by atoms with Crippen LogP contribution in [0.4, 0.5) is 11.4 Å². The maximum absolute atomic E-state index is 9.29. The zero-order chi connectivity index (χ0) is 20.6. The molecule has 29 heavy (non-hydrogen) atoms. The van der Waals surface area contributed by atoms with Crippen molar-refractivity contribution in [1.82, 2.24) is 4.98 Å². The molecular formula is C23H23N5O. The summed E-state index contributed by atoms with van der Waals surface area (Å²) in [6.07, 6.45) is 4.81. The molecule has 1 unspecified atom stereocenters. The SMILES string of the molecule is CC1(C)CCC(Nc2ccc(N)c(C(=N)c3cnco3)c2)c2ccc(C#N)cc21. The van der Waals surface area contributed by atoms with Crippen LogP contribution in [0, 0.1) is 16.7 Å². The van der Waals surface area contributed by atoms with E-state index in [-0.39, 0.29) is 17.2 Å². The standard InChI is InChI=1S/C23H23N5O/c1-23(2)8-7-20(16-5-3-14(11-24)9-18(16)23)28-15-4-6-19(25)17(10-15)22(26)21-12-27-13-29-21/h3-6,9-10,12-13,20,26,28H,7-8,25H2,1-2H3. The van der Waals surface area contributed by atoms with Gasteiger partial charge in [0.1, 0.15) is 5.71 Å². The minimum Gasteiger partial charge on any atom is -0.442 e. The van der Waals surface area contributed by atoms with E-state index in [0.717, 1.165) is 18.5 Å². The molecular weight excluding hydrogens is 362 g/mol. The van der Waals surface area contributed by atoms with Crippen LogP contribution in [0.15, 0.2) is 53.4 Å². The molecule has 6 heteroatoms. The Hall–Kier alpha value is -3.59. The van der Waals surface area contributed by atoms with Crippen molar-refractivity contribution < 1.29 is 4.42 Å². The van der Waals surface area contributed by atoms with E-state index in [1.807, 2.05) is 24.3 Å². The summed E-state index contributed by atoms with van der Waals surface area (Å²) in [5.74, 6) is 0.377. The number of nitrogens with two attached hydrogens (primary N) is 1. The first-order valence-corrected chi connectivity index (χ1v) is 9.57. The molecule has 1 aliphatic carbocycles. The minimum absolute atomic E-state index is 0.0288. The van der Waals surface area contributed by atoms with Crippen LogP contribution in [0.25, 0.3) is 0 Å². The smallest absolute Gasteiger partial charge is 0.181 e. The number of nitrogens with zero attached hydrogens (tertiary/aromatic N) is 2. The van der Waals surface area contributed by atoms with E-state index in [1.54, 1.807) is 6.07 Å². The Morgan fingerprint density at radius 3 is 2.86 bits per heavy atom. The van der Waals surface area contributed by atoms with Gasteiger partial charge in [-0.05, 0) is 59.7 Å². The van der Waals surface area contributed by atoms with Gasteiger partial charge in [-0.1, -0.05) is 19.9 Å². The molecule has 0 amide bonds. The number of hydrogen-bond acceptors (Lipinski definition) is 6. The zero-order valence-corrected chi connectivity index (χ0v) is 16.5. The molecule has 1 heterocycles. The van der Waals surface area contributed by atoms with Gasteiger partial charge in [0.15, 0.2) is 12.2 Å². The van der Waals surface area contributed by atoms with Crippen molar-refractivity contribution in [3.63, 3.8) is 0 Å². The van der Waals surface area contributed by atoms with Crippen LogP contribution in [0.5, 0.6) is 0 Å². The quantitative estimate of drug-likeness (QED) is 0.442. The Bertz CT molecular complexity index is 1110. The second kappa shape index (κ2) is 7.10. The van der Waals surface area contributed by atoms with Gasteiger partial charge in [0.2, 0.25) is 0 Å². The molecule has 0 saturated carbocycles. The first-order valence-electron chi connectivity index (χ1n) is 9.57. The lowest BCUT2D eigenvalue weighted by Crippen LogP contribution is -2.29. The monoisotopic (exact) mass is 385 g/mol. The fourth-order valence-corrected chi connectivity index (χ4v) is 4.00. The molecule has 0 radical (unpaired) electrons. The van der Waals surface area contributed by atoms with Crippen molar-refractivity contribution in [3.8, 4) is 6.07 Å². The Morgan fingerprint density at radius 2 is 2.14 bits per heavy atom. The van der Waals surface area contributed by atoms with E-state index < -0.39 is 0 Å². The molecule has 1 atom stereocenters. The van der Waals surface area contributed by atoms with Crippen LogP contribution in [-0.4, -0.2) is 10.7 Å². The Balaban J connectivity index is 1.66. The van der Waals surface area contributed by atoms with Gasteiger partial charge in [-0.15, -0.1) is 0 Å². The number of nitrogens with one attached hydrogen (secondary N) is 2. The highest BCUT2D eigenvalue weighted by molar-refractivity contribution is 6.12. The van der Waals surface area contributed by atoms with Crippen molar-refractivity contribution in [3.05, 3.63) is 77.0 Å². The number of nitrogen functional groups attached to an aromatic ring is 1. The van der Waals surface area contributed by atoms with E-state index in [1.165, 1.54) is 23.7 Å². The van der Waals surface area contributed by atoms with Crippen molar-refractivity contribution >= 4 is 17.1 Å². The molecule has 0 bridgehead atoms. The van der Waals surface area contributed by atoms with E-state index in [0.29, 0.717) is 22.6 Å². The molecule has 6 nitrogen and oxygen atoms in total. The summed E-state index contributed by atoms with van der Waals surface area (Å²) in [6.45, 7) is 4.45. The van der Waals surface area contributed by atoms with E-state index >= 15 is 0 Å². The molecule has 2 aromatic carbocycles. The fraction of sp³-hybridized carbons (Fsp3) is 0.261. The van der Waals surface area contributed by atoms with Crippen LogP contribution in [-0.2, 0) is 5.41 Å². The summed E-state index contributed by atoms with van der Waals surface area (Å²) in [7, 11) is 0. The normalized spacial score (nSPS) is 17.2. The van der Waals surface area contributed by atoms with Crippen molar-refractivity contribution in [1.29, 1.82) is 10.7 Å². The van der Waals surface area contributed by atoms with Crippen molar-refractivity contribution in [2.75, 3.05) is 11.1 Å². The summed E-state index contributed by atoms with van der Waals surface area (Å²) < 4.78 is 5.25. The third-order valence-corrected chi connectivity index (χ3v) is 5.69. The Kier molecular flexibility index (Phi) is 4.59. The minimum atomic E-state index is 0.0288. The fourth-order valence-electron chi connectivity index (χ4n) is 4.00. The highest BCUT2D eigenvalue weighted by Gasteiger charge is 2.33. The molecule has 4 N–H and O–H groups in total. The summed E-state index contributed by atoms with van der Waals surface area (Å²) in [6, 6.07) is 13.9. The number of nitriles is 1. The van der Waals surface area contributed by atoms with E-state index in [9.17, 15) is 5.26 Å². The van der Waals surface area contributed by atoms with Gasteiger partial charge in [-0.25, -0.2) is 4.98 Å². The lowest BCUT2D eigenvalue weighted by molar-refractivity contribution is 0.406. The highest BCUT2D eigenvalue weighted by Crippen LogP contribution is 2.43. The second-order valence-electron chi connectivity index (χ2n) is 8.08. The van der Waals surface area contributed by atoms with Crippen molar-refractivity contribution in [2.45, 2.75) is 38.1 Å². The maximum Gasteiger partial charge on any atom is 0.181 e. The zero-order valence-electron chi connectivity index (χ0n) is 16.5. The summed E-state index contributed by atoms with van der Waals surface area (Å²) in [5, 5.41) is 21.3. The predicted molar refractivity (Wildman–Crippen MR) is 113 cm³/mol. The molecule has 0 spiro atoms. The summed E-state index contributed by atoms with van der Waals surface area (Å²) in [5.41, 5.74) is 11.5. The van der Waals surface area contributed by atoms with Gasteiger partial charge in [0.05, 0.1) is 23.9 Å². The average Bonchev–Trinajstić information content (AvgIpc) is 3.25. The van der Waals surface area contributed by atoms with Crippen LogP contribution in [0.1, 0.15) is 60.7 Å². The number of anilines is 2. The average molecular weight is 385 g/mol. The number of benzene rings is 2. The Labute approximate surface area is 169 Å². The first kappa shape index (κ1) is 18.8. The molecule has 1 aromatic heterocycles. The van der Waals surface area contributed by atoms with Gasteiger partial charge in [0.25, 0.3) is 0 Å². The highest BCUT2D eigenvalue weighted by atomic mass is 16.3. The Morgan fingerprint density at radius 1 is 1.31 bits per heavy atom. The topological polar surface area (TPSA) is 112 Å². The molecule has 4 rings (SSSR count).